The van der Waals surface area contributed by atoms with Gasteiger partial charge in [-0.05, 0) is 31.0 Å². The summed E-state index contributed by atoms with van der Waals surface area (Å²) in [6, 6.07) is 5.74. The third-order valence-corrected chi connectivity index (χ3v) is 3.96. The van der Waals surface area contributed by atoms with Gasteiger partial charge in [-0.3, -0.25) is 9.59 Å². The molecule has 0 aliphatic carbocycles. The Kier molecular flexibility index (Phi) is 3.39. The number of hydrazine groups is 1. The number of aliphatic imine (C=N–C) groups is 1. The second-order valence-electron chi connectivity index (χ2n) is 5.94. The minimum Gasteiger partial charge on any atom is -0.347 e. The van der Waals surface area contributed by atoms with Gasteiger partial charge in [0.05, 0.1) is 11.4 Å². The summed E-state index contributed by atoms with van der Waals surface area (Å²) in [5, 5.41) is 2.91. The third kappa shape index (κ3) is 1.98. The molecule has 1 saturated heterocycles. The molecule has 6 nitrogen and oxygen atoms in total. The summed E-state index contributed by atoms with van der Waals surface area (Å²) in [5.74, 6) is -0.477. The van der Waals surface area contributed by atoms with Gasteiger partial charge in [-0.1, -0.05) is 19.4 Å². The van der Waals surface area contributed by atoms with Crippen molar-refractivity contribution in [2.24, 2.45) is 10.9 Å². The number of fused-ring (bicyclic) bond motifs is 3. The third-order valence-electron chi connectivity index (χ3n) is 3.96. The Labute approximate surface area is 130 Å². The lowest BCUT2D eigenvalue weighted by Crippen LogP contribution is -2.52. The molecule has 2 heterocycles. The van der Waals surface area contributed by atoms with Gasteiger partial charge < -0.3 is 4.90 Å². The van der Waals surface area contributed by atoms with E-state index in [-0.39, 0.29) is 11.8 Å². The SMILES string of the molecule is CCC[C@H]1C(=O)N2C(N(C)C)=Nc3ccc(C)cc3N2C1=O. The van der Waals surface area contributed by atoms with E-state index in [1.807, 2.05) is 46.1 Å². The Morgan fingerprint density at radius 1 is 1.18 bits per heavy atom. The van der Waals surface area contributed by atoms with Gasteiger partial charge in [0, 0.05) is 14.1 Å². The molecule has 1 aromatic carbocycles. The van der Waals surface area contributed by atoms with E-state index in [0.717, 1.165) is 12.0 Å². The number of carbonyl (C=O) groups is 2. The normalized spacial score (nSPS) is 20.0. The van der Waals surface area contributed by atoms with Gasteiger partial charge in [0.1, 0.15) is 5.92 Å². The van der Waals surface area contributed by atoms with E-state index in [1.165, 1.54) is 10.0 Å². The number of hydrogen-bond acceptors (Lipinski definition) is 4. The van der Waals surface area contributed by atoms with Crippen LogP contribution in [-0.2, 0) is 9.59 Å². The first-order valence-corrected chi connectivity index (χ1v) is 7.50. The number of carbonyl (C=O) groups excluding carboxylic acids is 2. The highest BCUT2D eigenvalue weighted by molar-refractivity contribution is 6.22. The summed E-state index contributed by atoms with van der Waals surface area (Å²) < 4.78 is 0. The van der Waals surface area contributed by atoms with Crippen LogP contribution in [-0.4, -0.2) is 41.8 Å². The van der Waals surface area contributed by atoms with Crippen molar-refractivity contribution in [1.82, 2.24) is 9.91 Å². The van der Waals surface area contributed by atoms with E-state index in [4.69, 9.17) is 0 Å². The van der Waals surface area contributed by atoms with Crippen molar-refractivity contribution in [3.63, 3.8) is 0 Å². The highest BCUT2D eigenvalue weighted by Crippen LogP contribution is 2.40. The van der Waals surface area contributed by atoms with Crippen LogP contribution >= 0.6 is 0 Å². The minimum absolute atomic E-state index is 0.159. The zero-order valence-corrected chi connectivity index (χ0v) is 13.3. The van der Waals surface area contributed by atoms with E-state index in [2.05, 4.69) is 4.99 Å². The minimum atomic E-state index is -0.610. The zero-order chi connectivity index (χ0) is 16.0. The molecule has 0 unspecified atom stereocenters. The maximum absolute atomic E-state index is 12.8. The molecule has 2 aliphatic heterocycles. The molecule has 1 aromatic rings. The van der Waals surface area contributed by atoms with Gasteiger partial charge in [0.25, 0.3) is 11.8 Å². The van der Waals surface area contributed by atoms with Crippen LogP contribution in [0, 0.1) is 12.8 Å². The predicted octanol–water partition coefficient (Wildman–Crippen LogP) is 2.06. The van der Waals surface area contributed by atoms with E-state index in [9.17, 15) is 9.59 Å². The van der Waals surface area contributed by atoms with Gasteiger partial charge in [0.2, 0.25) is 5.96 Å². The lowest BCUT2D eigenvalue weighted by Gasteiger charge is -2.35. The van der Waals surface area contributed by atoms with Crippen molar-refractivity contribution in [2.75, 3.05) is 19.1 Å². The smallest absolute Gasteiger partial charge is 0.261 e. The first-order chi connectivity index (χ1) is 10.5. The van der Waals surface area contributed by atoms with Crippen LogP contribution in [0.3, 0.4) is 0 Å². The molecule has 0 radical (unpaired) electrons. The molecular formula is C16H20N4O2. The molecule has 6 heteroatoms. The molecule has 0 N–H and O–H groups in total. The molecule has 2 aliphatic rings. The van der Waals surface area contributed by atoms with Crippen molar-refractivity contribution >= 4 is 29.1 Å². The molecule has 0 saturated carbocycles. The number of rotatable bonds is 2. The largest absolute Gasteiger partial charge is 0.347 e. The van der Waals surface area contributed by atoms with Crippen LogP contribution < -0.4 is 5.01 Å². The first-order valence-electron chi connectivity index (χ1n) is 7.50. The summed E-state index contributed by atoms with van der Waals surface area (Å²) in [4.78, 5) is 31.8. The summed E-state index contributed by atoms with van der Waals surface area (Å²) in [6.45, 7) is 3.94. The Bertz CT molecular complexity index is 681. The lowest BCUT2D eigenvalue weighted by molar-refractivity contribution is -0.130. The summed E-state index contributed by atoms with van der Waals surface area (Å²) >= 11 is 0. The zero-order valence-electron chi connectivity index (χ0n) is 13.3. The topological polar surface area (TPSA) is 56.2 Å². The van der Waals surface area contributed by atoms with Crippen molar-refractivity contribution in [2.45, 2.75) is 26.7 Å². The van der Waals surface area contributed by atoms with Crippen LogP contribution in [0.25, 0.3) is 0 Å². The van der Waals surface area contributed by atoms with Crippen molar-refractivity contribution in [3.05, 3.63) is 23.8 Å². The van der Waals surface area contributed by atoms with Crippen molar-refractivity contribution in [3.8, 4) is 0 Å². The van der Waals surface area contributed by atoms with Crippen LogP contribution in [0.2, 0.25) is 0 Å². The highest BCUT2D eigenvalue weighted by atomic mass is 16.2. The Morgan fingerprint density at radius 3 is 2.50 bits per heavy atom. The van der Waals surface area contributed by atoms with Crippen LogP contribution in [0.5, 0.6) is 0 Å². The molecule has 1 atom stereocenters. The molecule has 0 spiro atoms. The number of guanidine groups is 1. The molecule has 0 aromatic heterocycles. The molecule has 22 heavy (non-hydrogen) atoms. The van der Waals surface area contributed by atoms with Crippen LogP contribution in [0.4, 0.5) is 11.4 Å². The number of nitrogens with zero attached hydrogens (tertiary/aromatic N) is 4. The van der Waals surface area contributed by atoms with Gasteiger partial charge in [-0.25, -0.2) is 10.0 Å². The number of amides is 2. The van der Waals surface area contributed by atoms with E-state index in [1.54, 1.807) is 4.90 Å². The highest BCUT2D eigenvalue weighted by Gasteiger charge is 2.50. The molecule has 2 amide bonds. The predicted molar refractivity (Wildman–Crippen MR) is 84.7 cm³/mol. The fourth-order valence-corrected chi connectivity index (χ4v) is 2.89. The van der Waals surface area contributed by atoms with E-state index in [0.29, 0.717) is 23.8 Å². The maximum Gasteiger partial charge on any atom is 0.261 e. The standard InChI is InChI=1S/C16H20N4O2/c1-5-6-11-14(21)19-13-9-10(2)7-8-12(13)17-16(18(3)4)20(19)15(11)22/h7-9,11H,5-6H2,1-4H3/t11-/m1/s1. The number of anilines is 1. The fraction of sp³-hybridized carbons (Fsp3) is 0.438. The quantitative estimate of drug-likeness (QED) is 0.786. The monoisotopic (exact) mass is 300 g/mol. The first kappa shape index (κ1) is 14.6. The number of benzene rings is 1. The number of aryl methyl sites for hydroxylation is 1. The molecular weight excluding hydrogens is 280 g/mol. The fourth-order valence-electron chi connectivity index (χ4n) is 2.89. The molecule has 116 valence electrons. The van der Waals surface area contributed by atoms with Crippen molar-refractivity contribution in [1.29, 1.82) is 0 Å². The Hall–Kier alpha value is -2.37. The summed E-state index contributed by atoms with van der Waals surface area (Å²) in [7, 11) is 3.64. The summed E-state index contributed by atoms with van der Waals surface area (Å²) in [6.07, 6.45) is 1.35. The second-order valence-corrected chi connectivity index (χ2v) is 5.94. The lowest BCUT2D eigenvalue weighted by atomic mass is 10.0. The molecule has 3 rings (SSSR count). The average molecular weight is 300 g/mol. The molecule has 0 bridgehead atoms. The Morgan fingerprint density at radius 2 is 1.86 bits per heavy atom. The van der Waals surface area contributed by atoms with Crippen molar-refractivity contribution < 1.29 is 9.59 Å². The summed E-state index contributed by atoms with van der Waals surface area (Å²) in [5.41, 5.74) is 2.42. The number of hydrogen-bond donors (Lipinski definition) is 0. The van der Waals surface area contributed by atoms with Gasteiger partial charge in [0.15, 0.2) is 0 Å². The van der Waals surface area contributed by atoms with Crippen LogP contribution in [0.15, 0.2) is 23.2 Å². The van der Waals surface area contributed by atoms with Gasteiger partial charge >= 0.3 is 0 Å². The van der Waals surface area contributed by atoms with Gasteiger partial charge in [-0.2, -0.15) is 5.01 Å². The van der Waals surface area contributed by atoms with E-state index >= 15 is 0 Å². The van der Waals surface area contributed by atoms with E-state index < -0.39 is 5.92 Å². The van der Waals surface area contributed by atoms with Gasteiger partial charge in [-0.15, -0.1) is 0 Å². The second kappa shape index (κ2) is 5.12. The molecule has 1 fully saturated rings. The average Bonchev–Trinajstić information content (AvgIpc) is 2.72. The van der Waals surface area contributed by atoms with Crippen LogP contribution in [0.1, 0.15) is 25.3 Å². The maximum atomic E-state index is 12.8. The Balaban J connectivity index is 2.17.